The van der Waals surface area contributed by atoms with Crippen molar-refractivity contribution in [2.24, 2.45) is 0 Å². The van der Waals surface area contributed by atoms with Crippen molar-refractivity contribution in [2.75, 3.05) is 11.6 Å². The van der Waals surface area contributed by atoms with E-state index < -0.39 is 0 Å². The number of thioether (sulfide) groups is 1. The van der Waals surface area contributed by atoms with Crippen molar-refractivity contribution < 1.29 is 0 Å². The molecule has 0 spiro atoms. The molecule has 1 rings (SSSR count). The van der Waals surface area contributed by atoms with Crippen LogP contribution in [0.4, 0.5) is 0 Å². The Morgan fingerprint density at radius 1 is 1.77 bits per heavy atom. The van der Waals surface area contributed by atoms with Crippen LogP contribution in [0.25, 0.3) is 0 Å². The lowest BCUT2D eigenvalue weighted by atomic mass is 10.3. The molecule has 0 radical (unpaired) electrons. The monoisotopic (exact) mass is 258 g/mol. The minimum absolute atomic E-state index is 0.187. The lowest BCUT2D eigenvalue weighted by Crippen LogP contribution is -2.11. The number of halogens is 1. The van der Waals surface area contributed by atoms with Gasteiger partial charge in [0.2, 0.25) is 0 Å². The minimum Gasteiger partial charge on any atom is -0.300 e. The van der Waals surface area contributed by atoms with Gasteiger partial charge in [-0.2, -0.15) is 0 Å². The van der Waals surface area contributed by atoms with Gasteiger partial charge in [-0.05, 0) is 6.26 Å². The second-order valence-electron chi connectivity index (χ2n) is 2.07. The summed E-state index contributed by atoms with van der Waals surface area (Å²) in [6.07, 6.45) is 3.34. The summed E-state index contributed by atoms with van der Waals surface area (Å²) < 4.78 is 0. The second kappa shape index (κ2) is 5.10. The van der Waals surface area contributed by atoms with E-state index in [-0.39, 0.29) is 5.56 Å². The number of aromatic nitrogens is 2. The molecule has 1 N–H and O–H groups in total. The Balaban J connectivity index is 3.06. The van der Waals surface area contributed by atoms with Crippen LogP contribution in [0.2, 0.25) is 0 Å². The van der Waals surface area contributed by atoms with Crippen LogP contribution in [0.15, 0.2) is 16.1 Å². The Morgan fingerprint density at radius 2 is 2.54 bits per heavy atom. The Kier molecular flexibility index (Phi) is 4.06. The number of alkyl halides is 1. The van der Waals surface area contributed by atoms with Crippen molar-refractivity contribution in [2.45, 2.75) is 5.16 Å². The van der Waals surface area contributed by atoms with Gasteiger partial charge in [-0.25, -0.2) is 4.98 Å². The van der Waals surface area contributed by atoms with Crippen molar-refractivity contribution in [3.63, 3.8) is 0 Å². The smallest absolute Gasteiger partial charge is 0.267 e. The highest BCUT2D eigenvalue weighted by molar-refractivity contribution is 9.09. The first-order valence-corrected chi connectivity index (χ1v) is 5.80. The number of hydrogen-bond acceptors (Lipinski definition) is 3. The molecule has 68 valence electrons. The van der Waals surface area contributed by atoms with Crippen LogP contribution < -0.4 is 5.56 Å². The summed E-state index contributed by atoms with van der Waals surface area (Å²) in [5.74, 6) is 5.44. The molecule has 1 aromatic heterocycles. The van der Waals surface area contributed by atoms with E-state index in [1.165, 1.54) is 18.0 Å². The lowest BCUT2D eigenvalue weighted by molar-refractivity contribution is 0.933. The third-order valence-corrected chi connectivity index (χ3v) is 2.13. The fraction of sp³-hybridized carbons (Fsp3) is 0.250. The molecule has 0 aromatic carbocycles. The average molecular weight is 259 g/mol. The van der Waals surface area contributed by atoms with Crippen molar-refractivity contribution in [1.82, 2.24) is 9.97 Å². The highest BCUT2D eigenvalue weighted by atomic mass is 79.9. The van der Waals surface area contributed by atoms with Gasteiger partial charge in [0.05, 0.1) is 11.5 Å². The summed E-state index contributed by atoms with van der Waals surface area (Å²) in [5.41, 5.74) is 0.213. The number of hydrogen-bond donors (Lipinski definition) is 1. The summed E-state index contributed by atoms with van der Waals surface area (Å²) in [5, 5.41) is 1.16. The summed E-state index contributed by atoms with van der Waals surface area (Å²) in [4.78, 5) is 17.9. The molecule has 0 atom stereocenters. The van der Waals surface area contributed by atoms with E-state index in [1.807, 2.05) is 6.26 Å². The lowest BCUT2D eigenvalue weighted by Gasteiger charge is -1.93. The van der Waals surface area contributed by atoms with Gasteiger partial charge in [-0.1, -0.05) is 39.5 Å². The molecular formula is C8H7BrN2OS. The highest BCUT2D eigenvalue weighted by Gasteiger charge is 1.97. The zero-order valence-corrected chi connectivity index (χ0v) is 9.33. The molecule has 1 aromatic rings. The maximum atomic E-state index is 11.3. The van der Waals surface area contributed by atoms with Gasteiger partial charge in [0.1, 0.15) is 5.56 Å². The second-order valence-corrected chi connectivity index (χ2v) is 3.43. The predicted octanol–water partition coefficient (Wildman–Crippen LogP) is 1.24. The standard InChI is InChI=1S/C8H7BrN2OS/c1-13-8-10-5-6(3-2-4-9)7(12)11-8/h5H,4H2,1H3,(H,10,11,12). The molecule has 1 heterocycles. The van der Waals surface area contributed by atoms with Crippen LogP contribution in [-0.4, -0.2) is 21.6 Å². The van der Waals surface area contributed by atoms with E-state index in [2.05, 4.69) is 37.7 Å². The molecular weight excluding hydrogens is 252 g/mol. The molecule has 0 fully saturated rings. The zero-order chi connectivity index (χ0) is 9.68. The van der Waals surface area contributed by atoms with Crippen molar-refractivity contribution in [3.05, 3.63) is 22.1 Å². The maximum absolute atomic E-state index is 11.3. The van der Waals surface area contributed by atoms with E-state index >= 15 is 0 Å². The third kappa shape index (κ3) is 2.90. The third-order valence-electron chi connectivity index (χ3n) is 1.26. The van der Waals surface area contributed by atoms with Gasteiger partial charge < -0.3 is 4.98 Å². The first kappa shape index (κ1) is 10.4. The minimum atomic E-state index is -0.187. The Hall–Kier alpha value is -0.730. The Bertz CT molecular complexity index is 405. The quantitative estimate of drug-likeness (QED) is 0.357. The first-order valence-electron chi connectivity index (χ1n) is 3.46. The van der Waals surface area contributed by atoms with Gasteiger partial charge in [0.15, 0.2) is 5.16 Å². The number of nitrogens with zero attached hydrogens (tertiary/aromatic N) is 1. The first-order chi connectivity index (χ1) is 6.27. The largest absolute Gasteiger partial charge is 0.300 e. The number of rotatable bonds is 1. The molecule has 13 heavy (non-hydrogen) atoms. The summed E-state index contributed by atoms with van der Waals surface area (Å²) >= 11 is 4.54. The number of H-pyrrole nitrogens is 1. The van der Waals surface area contributed by atoms with Gasteiger partial charge >= 0.3 is 0 Å². The summed E-state index contributed by atoms with van der Waals surface area (Å²) in [6.45, 7) is 0. The van der Waals surface area contributed by atoms with E-state index in [0.29, 0.717) is 16.0 Å². The molecule has 0 amide bonds. The van der Waals surface area contributed by atoms with Crippen LogP contribution in [0, 0.1) is 11.8 Å². The molecule has 0 aliphatic heterocycles. The molecule has 0 aliphatic carbocycles. The fourth-order valence-corrected chi connectivity index (χ4v) is 1.19. The van der Waals surface area contributed by atoms with E-state index in [0.717, 1.165) is 0 Å². The average Bonchev–Trinajstić information content (AvgIpc) is 2.16. The molecule has 0 saturated carbocycles. The van der Waals surface area contributed by atoms with E-state index in [1.54, 1.807) is 0 Å². The maximum Gasteiger partial charge on any atom is 0.267 e. The van der Waals surface area contributed by atoms with Crippen molar-refractivity contribution in [3.8, 4) is 11.8 Å². The highest BCUT2D eigenvalue weighted by Crippen LogP contribution is 2.03. The molecule has 0 aliphatic rings. The van der Waals surface area contributed by atoms with Crippen LogP contribution in [0.3, 0.4) is 0 Å². The van der Waals surface area contributed by atoms with Gasteiger partial charge in [-0.15, -0.1) is 0 Å². The van der Waals surface area contributed by atoms with Crippen LogP contribution in [0.5, 0.6) is 0 Å². The number of aromatic amines is 1. The molecule has 5 heteroatoms. The van der Waals surface area contributed by atoms with Crippen molar-refractivity contribution in [1.29, 1.82) is 0 Å². The van der Waals surface area contributed by atoms with E-state index in [9.17, 15) is 4.79 Å². The molecule has 0 unspecified atom stereocenters. The van der Waals surface area contributed by atoms with E-state index in [4.69, 9.17) is 0 Å². The Labute approximate surface area is 88.5 Å². The topological polar surface area (TPSA) is 45.8 Å². The van der Waals surface area contributed by atoms with Gasteiger partial charge in [0, 0.05) is 0 Å². The van der Waals surface area contributed by atoms with Crippen molar-refractivity contribution >= 4 is 27.7 Å². The fourth-order valence-electron chi connectivity index (χ4n) is 0.700. The molecule has 0 saturated heterocycles. The zero-order valence-electron chi connectivity index (χ0n) is 6.93. The number of nitrogens with one attached hydrogen (secondary N) is 1. The van der Waals surface area contributed by atoms with Gasteiger partial charge in [-0.3, -0.25) is 4.79 Å². The van der Waals surface area contributed by atoms with Crippen LogP contribution >= 0.6 is 27.7 Å². The summed E-state index contributed by atoms with van der Waals surface area (Å²) in [6, 6.07) is 0. The Morgan fingerprint density at radius 3 is 3.08 bits per heavy atom. The van der Waals surface area contributed by atoms with Crippen LogP contribution in [-0.2, 0) is 0 Å². The molecule has 3 nitrogen and oxygen atoms in total. The summed E-state index contributed by atoms with van der Waals surface area (Å²) in [7, 11) is 0. The molecule has 0 bridgehead atoms. The SMILES string of the molecule is CSc1ncc(C#CCBr)c(=O)[nH]1. The van der Waals surface area contributed by atoms with Gasteiger partial charge in [0.25, 0.3) is 5.56 Å². The normalized spacial score (nSPS) is 9.08. The van der Waals surface area contributed by atoms with Crippen LogP contribution in [0.1, 0.15) is 5.56 Å². The predicted molar refractivity (Wildman–Crippen MR) is 57.3 cm³/mol.